The first kappa shape index (κ1) is 49.6. The van der Waals surface area contributed by atoms with Gasteiger partial charge in [-0.2, -0.15) is 23.5 Å². The molecular formula is H2AlCaO13P3SrZn. The summed E-state index contributed by atoms with van der Waals surface area (Å²) in [6, 6.07) is 0. The molecule has 0 aromatic carbocycles. The maximum atomic E-state index is 8.55. The van der Waals surface area contributed by atoms with Crippen LogP contribution < -0.4 is 44.0 Å². The molecule has 13 nitrogen and oxygen atoms in total. The minimum absolute atomic E-state index is 0. The van der Waals surface area contributed by atoms with Gasteiger partial charge in [-0.15, -0.1) is 0 Å². The summed E-state index contributed by atoms with van der Waals surface area (Å²) in [7, 11) is -16.2. The Kier molecular flexibility index (Phi) is 57.5. The molecule has 0 aliphatic rings. The predicted octanol–water partition coefficient (Wildman–Crippen LogP) is -10.4. The van der Waals surface area contributed by atoms with Gasteiger partial charge in [0, 0.05) is 0 Å². The molecule has 0 aliphatic heterocycles. The Morgan fingerprint density at radius 3 is 0.550 bits per heavy atom. The van der Waals surface area contributed by atoms with Crippen molar-refractivity contribution in [3.8, 4) is 0 Å². The van der Waals surface area contributed by atoms with E-state index in [0.29, 0.717) is 0 Å². The van der Waals surface area contributed by atoms with Crippen molar-refractivity contribution < 1.29 is 82.7 Å². The second kappa shape index (κ2) is 23.2. The molecule has 0 unspecified atom stereocenters. The average Bonchev–Trinajstić information content (AvgIpc) is 1.41. The van der Waals surface area contributed by atoms with Crippen molar-refractivity contribution in [2.24, 2.45) is 0 Å². The Bertz CT molecular complexity index is 220. The van der Waals surface area contributed by atoms with Crippen LogP contribution in [0.4, 0.5) is 0 Å². The molecule has 104 valence electrons. The van der Waals surface area contributed by atoms with Gasteiger partial charge in [0.25, 0.3) is 0 Å². The third kappa shape index (κ3) is 568. The van der Waals surface area contributed by atoms with Gasteiger partial charge in [-0.25, -0.2) is 0 Å². The van der Waals surface area contributed by atoms with E-state index in [0.717, 1.165) is 0 Å². The Morgan fingerprint density at radius 2 is 0.550 bits per heavy atom. The fourth-order valence-electron chi connectivity index (χ4n) is 0. The first-order chi connectivity index (χ1) is 6.00. The number of hydrogen-bond acceptors (Lipinski definition) is 12. The minimum atomic E-state index is -5.39. The van der Waals surface area contributed by atoms with Crippen LogP contribution in [0.2, 0.25) is 0 Å². The van der Waals surface area contributed by atoms with Gasteiger partial charge in [0.05, 0.1) is 0 Å². The van der Waals surface area contributed by atoms with E-state index in [9.17, 15) is 0 Å². The molecule has 0 heterocycles. The topological polar surface area (TPSA) is 290 Å². The molecule has 0 atom stereocenters. The van der Waals surface area contributed by atoms with Gasteiger partial charge in [0.1, 0.15) is 0 Å². The van der Waals surface area contributed by atoms with Crippen molar-refractivity contribution >= 4 is 124 Å². The van der Waals surface area contributed by atoms with E-state index in [2.05, 4.69) is 0 Å². The summed E-state index contributed by atoms with van der Waals surface area (Å²) in [6.07, 6.45) is 0. The summed E-state index contributed by atoms with van der Waals surface area (Å²) in [5.41, 5.74) is 0. The van der Waals surface area contributed by atoms with Crippen molar-refractivity contribution in [2.45, 2.75) is 0 Å². The smallest absolute Gasteiger partial charge is 0.822 e. The van der Waals surface area contributed by atoms with Crippen LogP contribution in [0.5, 0.6) is 0 Å². The molecule has 20 heteroatoms. The first-order valence-corrected chi connectivity index (χ1v) is 6.57. The monoisotopic (exact) mass is 522 g/mol. The maximum Gasteiger partial charge on any atom is 3.00 e. The largest absolute Gasteiger partial charge is 3.00 e. The summed E-state index contributed by atoms with van der Waals surface area (Å²) in [5.74, 6) is 0. The molecule has 2 N–H and O–H groups in total. The maximum absolute atomic E-state index is 8.55. The van der Waals surface area contributed by atoms with E-state index in [-0.39, 0.29) is 126 Å². The van der Waals surface area contributed by atoms with E-state index in [1.807, 2.05) is 0 Å². The fourth-order valence-corrected chi connectivity index (χ4v) is 0. The Morgan fingerprint density at radius 1 is 0.550 bits per heavy atom. The zero-order chi connectivity index (χ0) is 13.5. The Labute approximate surface area is 203 Å². The molecular weight excluding hydrogens is 521 g/mol. The standard InChI is InChI=1S/Al.Ca.3H3O4P.H2O.Sr.Zn/c;;3*1-5(2,3)4;;;/h;;3*(H3,1,2,3,4);1H2;;/q+3;+2;;;;;2*+2/p-9. The fraction of sp³-hybridized carbons (Fsp3) is 0. The minimum Gasteiger partial charge on any atom is -0.822 e. The molecule has 0 spiro atoms. The average molecular weight is 523 g/mol. The molecule has 0 saturated heterocycles. The van der Waals surface area contributed by atoms with Crippen molar-refractivity contribution in [1.82, 2.24) is 0 Å². The molecule has 20 heavy (non-hydrogen) atoms. The Balaban J connectivity index is -0.0000000160. The van der Waals surface area contributed by atoms with Gasteiger partial charge < -0.3 is 63.2 Å². The molecule has 0 rings (SSSR count). The second-order valence-electron chi connectivity index (χ2n) is 1.34. The Hall–Kier alpha value is 4.19. The first-order valence-electron chi connectivity index (χ1n) is 2.19. The van der Waals surface area contributed by atoms with Gasteiger partial charge in [0.2, 0.25) is 0 Å². The van der Waals surface area contributed by atoms with Crippen LogP contribution in [0.15, 0.2) is 0 Å². The number of hydrogen-bond donors (Lipinski definition) is 0. The zero-order valence-electron chi connectivity index (χ0n) is 9.44. The van der Waals surface area contributed by atoms with Crippen molar-refractivity contribution in [3.05, 3.63) is 0 Å². The number of phosphoric acid groups is 3. The number of rotatable bonds is 0. The third-order valence-corrected chi connectivity index (χ3v) is 0. The summed E-state index contributed by atoms with van der Waals surface area (Å²) in [6.45, 7) is 0. The summed E-state index contributed by atoms with van der Waals surface area (Å²) < 4.78 is 25.6. The third-order valence-electron chi connectivity index (χ3n) is 0. The summed E-state index contributed by atoms with van der Waals surface area (Å²) >= 11 is 0. The molecule has 0 amide bonds. The molecule has 0 fully saturated rings. The van der Waals surface area contributed by atoms with Crippen LogP contribution in [0.3, 0.4) is 0 Å². The second-order valence-corrected chi connectivity index (χ2v) is 4.02. The van der Waals surface area contributed by atoms with Crippen LogP contribution in [0.25, 0.3) is 0 Å². The van der Waals surface area contributed by atoms with Gasteiger partial charge >= 0.3 is 120 Å². The van der Waals surface area contributed by atoms with Crippen molar-refractivity contribution in [2.75, 3.05) is 0 Å². The van der Waals surface area contributed by atoms with Crippen molar-refractivity contribution in [1.29, 1.82) is 0 Å². The van der Waals surface area contributed by atoms with E-state index >= 15 is 0 Å². The van der Waals surface area contributed by atoms with E-state index < -0.39 is 23.5 Å². The summed E-state index contributed by atoms with van der Waals surface area (Å²) in [5, 5.41) is 0. The molecule has 0 aromatic heterocycles. The van der Waals surface area contributed by atoms with Gasteiger partial charge in [-0.05, 0) is 0 Å². The molecule has 0 saturated carbocycles. The van der Waals surface area contributed by atoms with Crippen LogP contribution in [0.1, 0.15) is 0 Å². The van der Waals surface area contributed by atoms with E-state index in [1.165, 1.54) is 0 Å². The normalized spacial score (nSPS) is 8.85. The zero-order valence-corrected chi connectivity index (χ0v) is 21.9. The van der Waals surface area contributed by atoms with Crippen LogP contribution in [0, 0.1) is 0 Å². The molecule has 0 aliphatic carbocycles. The SMILES string of the molecule is O.O=P([O-])([O-])[O-].O=P([O-])([O-])[O-].O=P([O-])([O-])[O-].[Al+3].[Ca+2].[Sr+2].[Zn+2]. The quantitative estimate of drug-likeness (QED) is 0.211. The van der Waals surface area contributed by atoms with Crippen LogP contribution in [-0.4, -0.2) is 106 Å². The van der Waals surface area contributed by atoms with Crippen molar-refractivity contribution in [3.63, 3.8) is 0 Å². The van der Waals surface area contributed by atoms with Crippen LogP contribution in [-0.2, 0) is 33.2 Å². The van der Waals surface area contributed by atoms with E-state index in [4.69, 9.17) is 57.7 Å². The molecule has 0 bridgehead atoms. The van der Waals surface area contributed by atoms with Gasteiger partial charge in [0.15, 0.2) is 0 Å². The summed E-state index contributed by atoms with van der Waals surface area (Å²) in [4.78, 5) is 76.9. The molecule has 0 radical (unpaired) electrons. The molecule has 0 aromatic rings. The predicted molar refractivity (Wildman–Crippen MR) is 43.7 cm³/mol. The van der Waals surface area contributed by atoms with E-state index in [1.54, 1.807) is 0 Å². The van der Waals surface area contributed by atoms with Gasteiger partial charge in [-0.3, -0.25) is 0 Å². The van der Waals surface area contributed by atoms with Gasteiger partial charge in [-0.1, -0.05) is 0 Å². The van der Waals surface area contributed by atoms with Crippen LogP contribution >= 0.6 is 23.5 Å².